The lowest BCUT2D eigenvalue weighted by atomic mass is 9.52. The minimum atomic E-state index is -0.493. The molecule has 0 spiro atoms. The number of anilines is 2. The van der Waals surface area contributed by atoms with Gasteiger partial charge in [-0.1, -0.05) is 204 Å². The standard InChI is InChI=1S/C59H63BN/c1-39-23-16-17-28-46(39)42-35-40(2)54(60-52-38-45(56(4,5)6)37-51(41(52)3)58(9)34-21-20-33-57(58,7)8)48(36-42)47-29-22-31-50-55(47)61-53-32-19-18-30-49(53)59(50,43-24-12-10-13-25-43)44-26-14-11-15-27-44/h10,12-14,16-19,22-32,35-38,61H,11,15,20-21,33-34H2,1-9H3. The van der Waals surface area contributed by atoms with Gasteiger partial charge in [-0.25, -0.2) is 0 Å². The minimum Gasteiger partial charge on any atom is -0.354 e. The van der Waals surface area contributed by atoms with Gasteiger partial charge in [-0.05, 0) is 130 Å². The first-order chi connectivity index (χ1) is 29.2. The molecular weight excluding hydrogens is 733 g/mol. The molecule has 6 aromatic carbocycles. The highest BCUT2D eigenvalue weighted by molar-refractivity contribution is 6.69. The number of hydrogen-bond acceptors (Lipinski definition) is 1. The van der Waals surface area contributed by atoms with Crippen molar-refractivity contribution in [2.45, 2.75) is 117 Å². The summed E-state index contributed by atoms with van der Waals surface area (Å²) >= 11 is 0. The van der Waals surface area contributed by atoms with E-state index >= 15 is 0 Å². The van der Waals surface area contributed by atoms with Crippen LogP contribution in [0.2, 0.25) is 0 Å². The lowest BCUT2D eigenvalue weighted by Crippen LogP contribution is -2.44. The van der Waals surface area contributed by atoms with E-state index in [1.807, 2.05) is 0 Å². The van der Waals surface area contributed by atoms with Gasteiger partial charge in [-0.2, -0.15) is 0 Å². The molecule has 2 unspecified atom stereocenters. The van der Waals surface area contributed by atoms with E-state index in [0.717, 1.165) is 18.5 Å². The monoisotopic (exact) mass is 797 g/mol. The Morgan fingerprint density at radius 1 is 0.623 bits per heavy atom. The molecule has 1 N–H and O–H groups in total. The number of nitrogens with one attached hydrogen (secondary N) is 1. The summed E-state index contributed by atoms with van der Waals surface area (Å²) in [7, 11) is 2.55. The number of hydrogen-bond donors (Lipinski definition) is 1. The molecule has 6 aromatic rings. The van der Waals surface area contributed by atoms with Crippen LogP contribution in [0.1, 0.15) is 125 Å². The first-order valence-corrected chi connectivity index (χ1v) is 22.9. The first-order valence-electron chi connectivity index (χ1n) is 22.9. The molecule has 3 aliphatic rings. The lowest BCUT2D eigenvalue weighted by Gasteiger charge is -2.50. The van der Waals surface area contributed by atoms with Crippen LogP contribution in [0.25, 0.3) is 22.3 Å². The molecule has 0 saturated heterocycles. The van der Waals surface area contributed by atoms with Crippen molar-refractivity contribution in [1.29, 1.82) is 0 Å². The molecular formula is C59H63BN. The molecule has 1 aliphatic heterocycles. The van der Waals surface area contributed by atoms with Crippen LogP contribution in [0, 0.1) is 26.2 Å². The van der Waals surface area contributed by atoms with Crippen LogP contribution in [-0.2, 0) is 16.2 Å². The highest BCUT2D eigenvalue weighted by Crippen LogP contribution is 2.57. The van der Waals surface area contributed by atoms with Crippen LogP contribution in [-0.4, -0.2) is 7.28 Å². The Kier molecular flexibility index (Phi) is 10.5. The first kappa shape index (κ1) is 41.0. The van der Waals surface area contributed by atoms with Crippen molar-refractivity contribution < 1.29 is 0 Å². The molecule has 0 bridgehead atoms. The highest BCUT2D eigenvalue weighted by Gasteiger charge is 2.47. The number of allylic oxidation sites excluding steroid dienone is 4. The molecule has 1 heterocycles. The zero-order chi connectivity index (χ0) is 42.7. The van der Waals surface area contributed by atoms with Crippen molar-refractivity contribution >= 4 is 29.6 Å². The quantitative estimate of drug-likeness (QED) is 0.159. The maximum atomic E-state index is 4.09. The van der Waals surface area contributed by atoms with Crippen LogP contribution in [0.5, 0.6) is 0 Å². The predicted octanol–water partition coefficient (Wildman–Crippen LogP) is 14.4. The van der Waals surface area contributed by atoms with Crippen molar-refractivity contribution in [2.24, 2.45) is 5.41 Å². The fourth-order valence-electron chi connectivity index (χ4n) is 11.3. The van der Waals surface area contributed by atoms with E-state index in [4.69, 9.17) is 0 Å². The summed E-state index contributed by atoms with van der Waals surface area (Å²) in [5.41, 5.74) is 21.9. The van der Waals surface area contributed by atoms with Crippen molar-refractivity contribution in [2.75, 3.05) is 5.32 Å². The fraction of sp³-hybridized carbons (Fsp3) is 0.322. The van der Waals surface area contributed by atoms with E-state index in [9.17, 15) is 0 Å². The lowest BCUT2D eigenvalue weighted by molar-refractivity contribution is 0.108. The molecule has 2 atom stereocenters. The zero-order valence-electron chi connectivity index (χ0n) is 38.1. The van der Waals surface area contributed by atoms with Crippen LogP contribution < -0.4 is 16.2 Å². The molecule has 1 nitrogen and oxygen atoms in total. The topological polar surface area (TPSA) is 12.0 Å². The number of fused-ring (bicyclic) bond motifs is 2. The van der Waals surface area contributed by atoms with Gasteiger partial charge in [-0.3, -0.25) is 0 Å². The van der Waals surface area contributed by atoms with E-state index in [-0.39, 0.29) is 16.2 Å². The molecule has 307 valence electrons. The van der Waals surface area contributed by atoms with Crippen LogP contribution in [0.15, 0.2) is 145 Å². The summed E-state index contributed by atoms with van der Waals surface area (Å²) in [4.78, 5) is 0. The molecule has 0 aromatic heterocycles. The van der Waals surface area contributed by atoms with E-state index in [0.29, 0.717) is 0 Å². The molecule has 1 radical (unpaired) electrons. The third-order valence-corrected chi connectivity index (χ3v) is 15.3. The van der Waals surface area contributed by atoms with Gasteiger partial charge >= 0.3 is 0 Å². The third kappa shape index (κ3) is 6.86. The molecule has 61 heavy (non-hydrogen) atoms. The van der Waals surface area contributed by atoms with Gasteiger partial charge in [0.05, 0.1) is 11.1 Å². The summed E-state index contributed by atoms with van der Waals surface area (Å²) in [6.07, 6.45) is 14.4. The predicted molar refractivity (Wildman–Crippen MR) is 264 cm³/mol. The Bertz CT molecular complexity index is 2700. The van der Waals surface area contributed by atoms with Gasteiger partial charge in [0.2, 0.25) is 0 Å². The molecule has 2 aliphatic carbocycles. The minimum absolute atomic E-state index is 0.00557. The van der Waals surface area contributed by atoms with E-state index in [1.54, 1.807) is 0 Å². The van der Waals surface area contributed by atoms with Crippen molar-refractivity contribution in [1.82, 2.24) is 0 Å². The van der Waals surface area contributed by atoms with E-state index < -0.39 is 5.41 Å². The Hall–Kier alpha value is -5.34. The van der Waals surface area contributed by atoms with Crippen molar-refractivity contribution in [3.63, 3.8) is 0 Å². The molecule has 9 rings (SSSR count). The Morgan fingerprint density at radius 2 is 1.33 bits per heavy atom. The van der Waals surface area contributed by atoms with E-state index in [2.05, 4.69) is 214 Å². The highest BCUT2D eigenvalue weighted by atomic mass is 14.9. The van der Waals surface area contributed by atoms with Crippen LogP contribution >= 0.6 is 0 Å². The Labute approximate surface area is 367 Å². The molecule has 1 saturated carbocycles. The van der Waals surface area contributed by atoms with Gasteiger partial charge in [0.25, 0.3) is 0 Å². The smallest absolute Gasteiger partial charge is 0.192 e. The van der Waals surface area contributed by atoms with Crippen molar-refractivity contribution in [3.8, 4) is 22.3 Å². The Morgan fingerprint density at radius 3 is 2.07 bits per heavy atom. The van der Waals surface area contributed by atoms with Gasteiger partial charge in [-0.15, -0.1) is 0 Å². The SMILES string of the molecule is Cc1ccccc1-c1cc(C)c([B]c2cc(C(C)(C)C)cc(C3(C)CCCCC3(C)C)c2C)c(-c2cccc3c2Nc2ccccc2C3(C2=CCCC=C2)c2ccccc2)c1. The second kappa shape index (κ2) is 15.5. The summed E-state index contributed by atoms with van der Waals surface area (Å²) < 4.78 is 0. The zero-order valence-corrected chi connectivity index (χ0v) is 38.1. The summed E-state index contributed by atoms with van der Waals surface area (Å²) in [6.45, 7) is 21.7. The van der Waals surface area contributed by atoms with Crippen molar-refractivity contribution in [3.05, 3.63) is 190 Å². The number of rotatable bonds is 7. The van der Waals surface area contributed by atoms with E-state index in [1.165, 1.54) is 115 Å². The van der Waals surface area contributed by atoms with Gasteiger partial charge < -0.3 is 5.32 Å². The van der Waals surface area contributed by atoms with Crippen LogP contribution in [0.4, 0.5) is 11.4 Å². The molecule has 0 amide bonds. The number of benzene rings is 6. The maximum absolute atomic E-state index is 4.09. The second-order valence-corrected chi connectivity index (χ2v) is 20.3. The normalized spacial score (nSPS) is 20.6. The number of para-hydroxylation sites is 2. The fourth-order valence-corrected chi connectivity index (χ4v) is 11.3. The average molecular weight is 797 g/mol. The molecule has 1 fully saturated rings. The molecule has 2 heteroatoms. The maximum Gasteiger partial charge on any atom is 0.192 e. The summed E-state index contributed by atoms with van der Waals surface area (Å²) in [5, 5.41) is 4.09. The number of aryl methyl sites for hydroxylation is 2. The van der Waals surface area contributed by atoms with Gasteiger partial charge in [0, 0.05) is 11.3 Å². The Balaban J connectivity index is 1.33. The summed E-state index contributed by atoms with van der Waals surface area (Å²) in [5.74, 6) is 0. The average Bonchev–Trinajstić information content (AvgIpc) is 3.25. The van der Waals surface area contributed by atoms with Gasteiger partial charge in [0.15, 0.2) is 7.28 Å². The summed E-state index contributed by atoms with van der Waals surface area (Å²) in [6, 6.07) is 46.1. The largest absolute Gasteiger partial charge is 0.354 e. The second-order valence-electron chi connectivity index (χ2n) is 20.3. The van der Waals surface area contributed by atoms with Crippen LogP contribution in [0.3, 0.4) is 0 Å². The third-order valence-electron chi connectivity index (χ3n) is 15.3. The van der Waals surface area contributed by atoms with Gasteiger partial charge in [0.1, 0.15) is 0 Å².